The number of benzene rings is 2. The van der Waals surface area contributed by atoms with Gasteiger partial charge in [-0.2, -0.15) is 22.0 Å². The van der Waals surface area contributed by atoms with Crippen LogP contribution in [0.15, 0.2) is 42.7 Å². The fourth-order valence-electron chi connectivity index (χ4n) is 4.23. The number of rotatable bonds is 3. The molecule has 2 aromatic carbocycles. The second-order valence-corrected chi connectivity index (χ2v) is 8.03. The molecule has 0 fully saturated rings. The highest BCUT2D eigenvalue weighted by Gasteiger charge is 2.80. The predicted molar refractivity (Wildman–Crippen MR) is 105 cm³/mol. The van der Waals surface area contributed by atoms with Crippen molar-refractivity contribution in [1.82, 2.24) is 4.57 Å². The maximum absolute atomic E-state index is 14.5. The maximum atomic E-state index is 14.5. The molecule has 1 N–H and O–H groups in total. The van der Waals surface area contributed by atoms with E-state index in [0.29, 0.717) is 11.1 Å². The average molecular weight is 474 g/mol. The summed E-state index contributed by atoms with van der Waals surface area (Å²) in [7, 11) is 0. The zero-order valence-corrected chi connectivity index (χ0v) is 17.2. The van der Waals surface area contributed by atoms with Crippen LogP contribution in [0.1, 0.15) is 32.6 Å². The summed E-state index contributed by atoms with van der Waals surface area (Å²) in [5.74, 6) is -5.96. The highest BCUT2D eigenvalue weighted by Crippen LogP contribution is 2.67. The number of aryl methyl sites for hydroxylation is 1. The third-order valence-corrected chi connectivity index (χ3v) is 6.05. The predicted octanol–water partition coefficient (Wildman–Crippen LogP) is 6.95. The summed E-state index contributed by atoms with van der Waals surface area (Å²) in [6.45, 7) is 2.62. The number of alkyl halides is 6. The molecule has 168 valence electrons. The molecule has 1 aliphatic carbocycles. The average Bonchev–Trinajstić information content (AvgIpc) is 3.15. The summed E-state index contributed by atoms with van der Waals surface area (Å²) in [6.07, 6.45) is -2.75. The summed E-state index contributed by atoms with van der Waals surface area (Å²) >= 11 is 5.87. The van der Waals surface area contributed by atoms with Crippen LogP contribution in [-0.4, -0.2) is 21.8 Å². The van der Waals surface area contributed by atoms with Crippen LogP contribution < -0.4 is 0 Å². The number of carboxylic acids is 1. The van der Waals surface area contributed by atoms with Gasteiger partial charge in [0.2, 0.25) is 0 Å². The van der Waals surface area contributed by atoms with Gasteiger partial charge >= 0.3 is 18.1 Å². The van der Waals surface area contributed by atoms with E-state index < -0.39 is 34.9 Å². The van der Waals surface area contributed by atoms with Crippen molar-refractivity contribution in [3.8, 4) is 16.8 Å². The van der Waals surface area contributed by atoms with Crippen LogP contribution in [0.3, 0.4) is 0 Å². The molecule has 0 spiro atoms. The third kappa shape index (κ3) is 2.80. The number of fused-ring (bicyclic) bond motifs is 1. The van der Waals surface area contributed by atoms with Crippen LogP contribution in [0.4, 0.5) is 26.3 Å². The number of hydrogen-bond acceptors (Lipinski definition) is 1. The molecule has 4 rings (SSSR count). The molecule has 3 nitrogen and oxygen atoms in total. The van der Waals surface area contributed by atoms with Gasteiger partial charge in [-0.05, 0) is 60.4 Å². The smallest absolute Gasteiger partial charge is 0.433 e. The van der Waals surface area contributed by atoms with Gasteiger partial charge in [-0.25, -0.2) is 9.18 Å². The van der Waals surface area contributed by atoms with Crippen molar-refractivity contribution < 1.29 is 36.2 Å². The number of carboxylic acid groups (broad SMARTS) is 1. The molecular weight excluding hydrogens is 460 g/mol. The Morgan fingerprint density at radius 2 is 1.72 bits per heavy atom. The van der Waals surface area contributed by atoms with Gasteiger partial charge in [0.25, 0.3) is 5.67 Å². The SMILES string of the molecule is Cc1cc2c(c(C)c1-n1ccc(-c3ccc(Cl)c(C(=O)O)c3)c1)C(F)(F)C2(F)C(F)(F)F. The molecule has 0 radical (unpaired) electrons. The minimum atomic E-state index is -5.76. The van der Waals surface area contributed by atoms with Crippen molar-refractivity contribution in [2.24, 2.45) is 0 Å². The lowest BCUT2D eigenvalue weighted by Crippen LogP contribution is -2.59. The second kappa shape index (κ2) is 6.78. The quantitative estimate of drug-likeness (QED) is 0.418. The van der Waals surface area contributed by atoms with Gasteiger partial charge in [-0.1, -0.05) is 17.7 Å². The molecule has 10 heteroatoms. The Morgan fingerprint density at radius 3 is 2.31 bits per heavy atom. The molecule has 32 heavy (non-hydrogen) atoms. The normalized spacial score (nSPS) is 19.4. The van der Waals surface area contributed by atoms with Gasteiger partial charge in [0.1, 0.15) is 0 Å². The minimum absolute atomic E-state index is 0.0383. The Bertz CT molecular complexity index is 1280. The first-order valence-corrected chi connectivity index (χ1v) is 9.59. The number of nitrogens with zero attached hydrogens (tertiary/aromatic N) is 1. The van der Waals surface area contributed by atoms with Gasteiger partial charge in [-0.3, -0.25) is 0 Å². The zero-order valence-electron chi connectivity index (χ0n) is 16.5. The highest BCUT2D eigenvalue weighted by atomic mass is 35.5. The number of aromatic carboxylic acids is 1. The van der Waals surface area contributed by atoms with E-state index in [-0.39, 0.29) is 27.4 Å². The number of aromatic nitrogens is 1. The highest BCUT2D eigenvalue weighted by molar-refractivity contribution is 6.33. The van der Waals surface area contributed by atoms with Gasteiger partial charge < -0.3 is 9.67 Å². The Hall–Kier alpha value is -2.94. The van der Waals surface area contributed by atoms with Gasteiger partial charge in [0, 0.05) is 23.5 Å². The van der Waals surface area contributed by atoms with Crippen molar-refractivity contribution in [1.29, 1.82) is 0 Å². The van der Waals surface area contributed by atoms with Crippen LogP contribution in [0.2, 0.25) is 5.02 Å². The van der Waals surface area contributed by atoms with Crippen molar-refractivity contribution >= 4 is 17.6 Å². The molecule has 1 unspecified atom stereocenters. The first kappa shape index (κ1) is 22.3. The minimum Gasteiger partial charge on any atom is -0.478 e. The Balaban J connectivity index is 1.83. The van der Waals surface area contributed by atoms with Crippen LogP contribution >= 0.6 is 11.6 Å². The summed E-state index contributed by atoms with van der Waals surface area (Å²) in [4.78, 5) is 11.3. The Morgan fingerprint density at radius 1 is 1.06 bits per heavy atom. The second-order valence-electron chi connectivity index (χ2n) is 7.63. The molecule has 0 aliphatic heterocycles. The van der Waals surface area contributed by atoms with E-state index in [0.717, 1.165) is 6.07 Å². The topological polar surface area (TPSA) is 42.2 Å². The van der Waals surface area contributed by atoms with Gasteiger partial charge in [-0.15, -0.1) is 0 Å². The molecule has 1 aromatic heterocycles. The van der Waals surface area contributed by atoms with Crippen molar-refractivity contribution in [3.63, 3.8) is 0 Å². The monoisotopic (exact) mass is 473 g/mol. The lowest BCUT2D eigenvalue weighted by molar-refractivity contribution is -0.333. The van der Waals surface area contributed by atoms with E-state index in [1.165, 1.54) is 42.9 Å². The lowest BCUT2D eigenvalue weighted by atomic mass is 9.67. The van der Waals surface area contributed by atoms with Gasteiger partial charge in [0.15, 0.2) is 0 Å². The van der Waals surface area contributed by atoms with Crippen LogP contribution in [0, 0.1) is 13.8 Å². The first-order chi connectivity index (χ1) is 14.7. The molecule has 1 aliphatic rings. The fourth-order valence-corrected chi connectivity index (χ4v) is 4.43. The van der Waals surface area contributed by atoms with Crippen molar-refractivity contribution in [2.45, 2.75) is 31.6 Å². The molecule has 0 saturated heterocycles. The number of hydrogen-bond donors (Lipinski definition) is 1. The van der Waals surface area contributed by atoms with E-state index >= 15 is 0 Å². The standard InChI is InChI=1S/C22H14ClF6NO2/c1-10-7-15-17(21(25,26)20(15,24)22(27,28)29)11(2)18(10)30-6-5-13(9-30)12-3-4-16(23)14(8-12)19(31)32/h3-9H,1-2H3,(H,31,32). The van der Waals surface area contributed by atoms with Crippen LogP contribution in [-0.2, 0) is 11.6 Å². The van der Waals surface area contributed by atoms with E-state index in [1.54, 1.807) is 12.1 Å². The Kier molecular flexibility index (Phi) is 4.71. The molecule has 1 atom stereocenters. The molecule has 1 heterocycles. The van der Waals surface area contributed by atoms with E-state index in [1.807, 2.05) is 0 Å². The third-order valence-electron chi connectivity index (χ3n) is 5.72. The summed E-state index contributed by atoms with van der Waals surface area (Å²) < 4.78 is 84.2. The summed E-state index contributed by atoms with van der Waals surface area (Å²) in [5, 5.41) is 9.27. The van der Waals surface area contributed by atoms with E-state index in [2.05, 4.69) is 0 Å². The molecule has 0 bridgehead atoms. The van der Waals surface area contributed by atoms with Crippen molar-refractivity contribution in [3.05, 3.63) is 75.6 Å². The number of carbonyl (C=O) groups is 1. The largest absolute Gasteiger partial charge is 0.478 e. The molecule has 0 saturated carbocycles. The van der Waals surface area contributed by atoms with Crippen LogP contribution in [0.25, 0.3) is 16.8 Å². The Labute approximate surface area is 182 Å². The fraction of sp³-hybridized carbons (Fsp3) is 0.227. The summed E-state index contributed by atoms with van der Waals surface area (Å²) in [6, 6.07) is 6.70. The first-order valence-electron chi connectivity index (χ1n) is 9.22. The summed E-state index contributed by atoms with van der Waals surface area (Å²) in [5.41, 5.74) is -5.73. The molecular formula is C22H14ClF6NO2. The maximum Gasteiger partial charge on any atom is 0.433 e. The lowest BCUT2D eigenvalue weighted by Gasteiger charge is -2.46. The van der Waals surface area contributed by atoms with Gasteiger partial charge in [0.05, 0.1) is 16.3 Å². The van der Waals surface area contributed by atoms with Crippen LogP contribution in [0.5, 0.6) is 0 Å². The van der Waals surface area contributed by atoms with E-state index in [4.69, 9.17) is 11.6 Å². The van der Waals surface area contributed by atoms with E-state index in [9.17, 15) is 36.2 Å². The zero-order chi connectivity index (χ0) is 23.8. The molecule has 3 aromatic rings. The number of halogens is 7. The molecule has 0 amide bonds. The van der Waals surface area contributed by atoms with Crippen molar-refractivity contribution in [2.75, 3.05) is 0 Å².